The highest BCUT2D eigenvalue weighted by Crippen LogP contribution is 2.43. The van der Waals surface area contributed by atoms with E-state index in [0.717, 1.165) is 57.8 Å². The first-order valence-electron chi connectivity index (χ1n) is 29.0. The van der Waals surface area contributed by atoms with Crippen LogP contribution in [0.2, 0.25) is 0 Å². The Balaban J connectivity index is 5.30. The lowest BCUT2D eigenvalue weighted by Gasteiger charge is -2.27. The van der Waals surface area contributed by atoms with Crippen molar-refractivity contribution >= 4 is 19.7 Å². The first kappa shape index (κ1) is 65.8. The van der Waals surface area contributed by atoms with Crippen LogP contribution < -0.4 is 5.32 Å². The van der Waals surface area contributed by atoms with Crippen LogP contribution in [0, 0.1) is 0 Å². The number of amides is 1. The molecule has 0 aromatic carbocycles. The second kappa shape index (κ2) is 48.4. The molecule has 3 atom stereocenters. The highest BCUT2D eigenvalue weighted by atomic mass is 31.2. The van der Waals surface area contributed by atoms with E-state index >= 15 is 0 Å². The zero-order valence-corrected chi connectivity index (χ0v) is 46.3. The fraction of sp³-hybridized carbons (Fsp3) is 0.930. The van der Waals surface area contributed by atoms with Crippen LogP contribution in [-0.2, 0) is 27.9 Å². The number of nitrogens with zero attached hydrogens (tertiary/aromatic N) is 1. The van der Waals surface area contributed by atoms with Gasteiger partial charge in [-0.15, -0.1) is 0 Å². The van der Waals surface area contributed by atoms with E-state index in [1.807, 2.05) is 33.3 Å². The molecule has 0 aromatic heterocycles. The Bertz CT molecular complexity index is 1160. The lowest BCUT2D eigenvalue weighted by atomic mass is 10.0. The van der Waals surface area contributed by atoms with Gasteiger partial charge >= 0.3 is 13.8 Å². The third kappa shape index (κ3) is 49.5. The quantitative estimate of drug-likeness (QED) is 0.0205. The molecule has 67 heavy (non-hydrogen) atoms. The average molecular weight is 971 g/mol. The smallest absolute Gasteiger partial charge is 0.456 e. The van der Waals surface area contributed by atoms with Crippen LogP contribution in [0.25, 0.3) is 0 Å². The molecule has 0 aliphatic rings. The highest BCUT2D eigenvalue weighted by Gasteiger charge is 2.30. The Kier molecular flexibility index (Phi) is 47.5. The maximum Gasteiger partial charge on any atom is 0.472 e. The summed E-state index contributed by atoms with van der Waals surface area (Å²) in [5.41, 5.74) is 0. The summed E-state index contributed by atoms with van der Waals surface area (Å²) < 4.78 is 30.6. The van der Waals surface area contributed by atoms with Gasteiger partial charge in [-0.2, -0.15) is 0 Å². The van der Waals surface area contributed by atoms with Crippen molar-refractivity contribution in [3.63, 3.8) is 0 Å². The van der Waals surface area contributed by atoms with Crippen molar-refractivity contribution in [2.24, 2.45) is 0 Å². The third-order valence-electron chi connectivity index (χ3n) is 13.2. The summed E-state index contributed by atoms with van der Waals surface area (Å²) in [5.74, 6) is -0.488. The van der Waals surface area contributed by atoms with E-state index in [9.17, 15) is 19.0 Å². The van der Waals surface area contributed by atoms with Gasteiger partial charge in [0.15, 0.2) is 0 Å². The number of allylic oxidation sites excluding steroid dienone is 1. The van der Waals surface area contributed by atoms with E-state index in [0.29, 0.717) is 23.9 Å². The predicted octanol–water partition coefficient (Wildman–Crippen LogP) is 17.2. The summed E-state index contributed by atoms with van der Waals surface area (Å²) >= 11 is 0. The number of hydrogen-bond donors (Lipinski definition) is 2. The molecule has 0 spiro atoms. The lowest BCUT2D eigenvalue weighted by Crippen LogP contribution is -2.47. The molecule has 9 nitrogen and oxygen atoms in total. The van der Waals surface area contributed by atoms with Crippen molar-refractivity contribution in [2.75, 3.05) is 40.9 Å². The van der Waals surface area contributed by atoms with Crippen LogP contribution in [-0.4, -0.2) is 74.3 Å². The first-order chi connectivity index (χ1) is 32.4. The zero-order valence-electron chi connectivity index (χ0n) is 45.4. The number of phosphoric ester groups is 1. The number of phosphoric acid groups is 1. The average Bonchev–Trinajstić information content (AvgIpc) is 3.28. The molecule has 0 radical (unpaired) electrons. The first-order valence-corrected chi connectivity index (χ1v) is 30.5. The monoisotopic (exact) mass is 970 g/mol. The van der Waals surface area contributed by atoms with Crippen molar-refractivity contribution in [3.05, 3.63) is 12.2 Å². The summed E-state index contributed by atoms with van der Waals surface area (Å²) in [6, 6.07) is -0.837. The number of esters is 1. The zero-order chi connectivity index (χ0) is 49.4. The van der Waals surface area contributed by atoms with E-state index in [2.05, 4.69) is 26.1 Å². The van der Waals surface area contributed by atoms with Crippen LogP contribution in [0.5, 0.6) is 0 Å². The number of quaternary nitrogens is 1. The molecule has 0 bridgehead atoms. The minimum absolute atomic E-state index is 0.0455. The summed E-state index contributed by atoms with van der Waals surface area (Å²) in [5, 5.41) is 3.06. The van der Waals surface area contributed by atoms with Crippen molar-refractivity contribution in [1.29, 1.82) is 0 Å². The van der Waals surface area contributed by atoms with E-state index < -0.39 is 20.0 Å². The van der Waals surface area contributed by atoms with Crippen LogP contribution in [0.15, 0.2) is 12.2 Å². The molecule has 0 heterocycles. The molecule has 0 aliphatic heterocycles. The molecule has 3 unspecified atom stereocenters. The van der Waals surface area contributed by atoms with Crippen LogP contribution in [0.4, 0.5) is 0 Å². The Hall–Kier alpha value is -1.25. The van der Waals surface area contributed by atoms with Crippen molar-refractivity contribution < 1.29 is 37.3 Å². The predicted molar refractivity (Wildman–Crippen MR) is 287 cm³/mol. The summed E-state index contributed by atoms with van der Waals surface area (Å²) in [6.45, 7) is 7.05. The highest BCUT2D eigenvalue weighted by molar-refractivity contribution is 7.47. The van der Waals surface area contributed by atoms with Gasteiger partial charge in [0.05, 0.1) is 33.8 Å². The van der Waals surface area contributed by atoms with E-state index in [1.54, 1.807) is 0 Å². The van der Waals surface area contributed by atoms with Gasteiger partial charge in [0.1, 0.15) is 19.3 Å². The number of nitrogens with one attached hydrogen (secondary N) is 1. The number of carbonyl (C=O) groups excluding carboxylic acids is 2. The molecule has 0 saturated carbocycles. The number of carbonyl (C=O) groups is 2. The van der Waals surface area contributed by atoms with Crippen molar-refractivity contribution in [1.82, 2.24) is 5.32 Å². The second-order valence-electron chi connectivity index (χ2n) is 21.2. The molecule has 0 saturated heterocycles. The minimum atomic E-state index is -4.43. The molecule has 0 aromatic rings. The van der Waals surface area contributed by atoms with E-state index in [4.69, 9.17) is 13.8 Å². The topological polar surface area (TPSA) is 111 Å². The molecule has 0 fully saturated rings. The van der Waals surface area contributed by atoms with Gasteiger partial charge in [0, 0.05) is 12.8 Å². The van der Waals surface area contributed by atoms with Crippen LogP contribution in [0.3, 0.4) is 0 Å². The molecule has 2 N–H and O–H groups in total. The van der Waals surface area contributed by atoms with Gasteiger partial charge in [-0.1, -0.05) is 258 Å². The van der Waals surface area contributed by atoms with Gasteiger partial charge < -0.3 is 19.4 Å². The van der Waals surface area contributed by atoms with Crippen LogP contribution >= 0.6 is 7.82 Å². The summed E-state index contributed by atoms with van der Waals surface area (Å²) in [6.07, 6.45) is 53.4. The van der Waals surface area contributed by atoms with E-state index in [1.165, 1.54) is 199 Å². The largest absolute Gasteiger partial charge is 0.472 e. The molecule has 0 aliphatic carbocycles. The standard InChI is InChI=1S/C57H113N2O7P/c1-7-10-13-16-19-22-25-28-29-30-32-34-37-40-43-46-49-56(60)58-54(53-65-67(62,63)64-52-51-59(4,5)6)55(48-45-42-39-36-33-27-24-21-18-15-12-9-3)66-57(61)50-47-44-41-38-35-31-26-23-20-17-14-11-8-2/h45,48,54-55H,7-44,46-47,49-53H2,1-6H3,(H-,58,60,62,63)/p+1/b48-45+. The van der Waals surface area contributed by atoms with Gasteiger partial charge in [0.2, 0.25) is 5.91 Å². The fourth-order valence-corrected chi connectivity index (χ4v) is 9.44. The third-order valence-corrected chi connectivity index (χ3v) is 14.2. The maximum absolute atomic E-state index is 13.5. The van der Waals surface area contributed by atoms with Crippen LogP contribution in [0.1, 0.15) is 290 Å². The van der Waals surface area contributed by atoms with Gasteiger partial charge in [-0.25, -0.2) is 4.57 Å². The molecular weight excluding hydrogens is 856 g/mol. The number of hydrogen-bond acceptors (Lipinski definition) is 6. The minimum Gasteiger partial charge on any atom is -0.456 e. The molecule has 10 heteroatoms. The molecular formula is C57H114N2O7P+. The van der Waals surface area contributed by atoms with Gasteiger partial charge in [0.25, 0.3) is 0 Å². The molecule has 1 amide bonds. The number of ether oxygens (including phenoxy) is 1. The fourth-order valence-electron chi connectivity index (χ4n) is 8.71. The van der Waals surface area contributed by atoms with Crippen molar-refractivity contribution in [3.8, 4) is 0 Å². The Morgan fingerprint density at radius 1 is 0.507 bits per heavy atom. The number of unbranched alkanes of at least 4 members (excludes halogenated alkanes) is 37. The second-order valence-corrected chi connectivity index (χ2v) is 22.6. The summed E-state index contributed by atoms with van der Waals surface area (Å²) in [4.78, 5) is 37.5. The molecule has 398 valence electrons. The Morgan fingerprint density at radius 2 is 0.851 bits per heavy atom. The lowest BCUT2D eigenvalue weighted by molar-refractivity contribution is -0.870. The number of likely N-dealkylation sites (N-methyl/N-ethyl adjacent to an activating group) is 1. The SMILES string of the molecule is CCCCCCCCCCCC/C=C/C(OC(=O)CCCCCCCCCCCCCCC)C(COP(=O)(O)OCC[N+](C)(C)C)NC(=O)CCCCCCCCCCCCCCCCCC. The Morgan fingerprint density at radius 3 is 1.22 bits per heavy atom. The van der Waals surface area contributed by atoms with Gasteiger partial charge in [-0.3, -0.25) is 18.6 Å². The maximum atomic E-state index is 13.5. The normalized spacial score (nSPS) is 13.8. The number of rotatable bonds is 53. The van der Waals surface area contributed by atoms with Gasteiger partial charge in [-0.05, 0) is 31.8 Å². The Labute approximate surface area is 416 Å². The van der Waals surface area contributed by atoms with Crippen molar-refractivity contribution in [2.45, 2.75) is 303 Å². The summed E-state index contributed by atoms with van der Waals surface area (Å²) in [7, 11) is 1.51. The molecule has 0 rings (SSSR count). The van der Waals surface area contributed by atoms with E-state index in [-0.39, 0.29) is 25.1 Å².